The highest BCUT2D eigenvalue weighted by Crippen LogP contribution is 2.37. The number of hydrogen-bond acceptors (Lipinski definition) is 3. The van der Waals surface area contributed by atoms with Crippen molar-refractivity contribution in [2.24, 2.45) is 5.92 Å². The molecule has 0 bridgehead atoms. The summed E-state index contributed by atoms with van der Waals surface area (Å²) in [5, 5.41) is 9.18. The molecule has 5 heteroatoms. The molecule has 0 aromatic heterocycles. The number of halogens is 1. The summed E-state index contributed by atoms with van der Waals surface area (Å²) in [7, 11) is 3.11. The van der Waals surface area contributed by atoms with Crippen LogP contribution in [-0.4, -0.2) is 25.3 Å². The number of methoxy groups -OCH3 is 2. The molecule has 19 heavy (non-hydrogen) atoms. The normalized spacial score (nSPS) is 12.0. The molecule has 1 aromatic carbocycles. The highest BCUT2D eigenvalue weighted by molar-refractivity contribution is 6.33. The van der Waals surface area contributed by atoms with Crippen LogP contribution in [0.25, 0.3) is 0 Å². The van der Waals surface area contributed by atoms with E-state index in [0.717, 1.165) is 18.4 Å². The molecule has 0 aliphatic carbocycles. The van der Waals surface area contributed by atoms with Gasteiger partial charge >= 0.3 is 5.97 Å². The number of ether oxygens (including phenoxy) is 2. The van der Waals surface area contributed by atoms with Crippen molar-refractivity contribution in [3.8, 4) is 11.5 Å². The number of rotatable bonds is 7. The van der Waals surface area contributed by atoms with Crippen LogP contribution in [0.2, 0.25) is 5.02 Å². The SMILES string of the molecule is COc1ccc(CCC(C)CC(=O)O)c(OC)c1Cl. The van der Waals surface area contributed by atoms with Gasteiger partial charge in [0.25, 0.3) is 0 Å². The fourth-order valence-corrected chi connectivity index (χ4v) is 2.29. The zero-order valence-electron chi connectivity index (χ0n) is 11.4. The van der Waals surface area contributed by atoms with Gasteiger partial charge < -0.3 is 14.6 Å². The predicted molar refractivity (Wildman–Crippen MR) is 74.3 cm³/mol. The topological polar surface area (TPSA) is 55.8 Å². The molecule has 1 atom stereocenters. The van der Waals surface area contributed by atoms with Crippen molar-refractivity contribution in [1.29, 1.82) is 0 Å². The molecule has 1 aromatic rings. The Kier molecular flexibility index (Phi) is 5.96. The molecule has 1 unspecified atom stereocenters. The molecule has 0 amide bonds. The van der Waals surface area contributed by atoms with Crippen LogP contribution < -0.4 is 9.47 Å². The van der Waals surface area contributed by atoms with Crippen LogP contribution >= 0.6 is 11.6 Å². The van der Waals surface area contributed by atoms with Crippen molar-refractivity contribution in [3.05, 3.63) is 22.7 Å². The van der Waals surface area contributed by atoms with E-state index < -0.39 is 5.97 Å². The highest BCUT2D eigenvalue weighted by atomic mass is 35.5. The maximum Gasteiger partial charge on any atom is 0.303 e. The molecule has 0 heterocycles. The Morgan fingerprint density at radius 1 is 1.37 bits per heavy atom. The number of benzene rings is 1. The number of hydrogen-bond donors (Lipinski definition) is 1. The van der Waals surface area contributed by atoms with Crippen LogP contribution in [-0.2, 0) is 11.2 Å². The van der Waals surface area contributed by atoms with Crippen LogP contribution in [0.5, 0.6) is 11.5 Å². The third-order valence-corrected chi connectivity index (χ3v) is 3.35. The summed E-state index contributed by atoms with van der Waals surface area (Å²) < 4.78 is 10.4. The van der Waals surface area contributed by atoms with E-state index in [0.29, 0.717) is 16.5 Å². The number of carboxylic acids is 1. The standard InChI is InChI=1S/C14H19ClO4/c1-9(8-12(16)17)4-5-10-6-7-11(18-2)13(15)14(10)19-3/h6-7,9H,4-5,8H2,1-3H3,(H,16,17). The van der Waals surface area contributed by atoms with E-state index >= 15 is 0 Å². The van der Waals surface area contributed by atoms with Gasteiger partial charge in [-0.1, -0.05) is 24.6 Å². The second kappa shape index (κ2) is 7.24. The molecule has 106 valence electrons. The number of aryl methyl sites for hydroxylation is 1. The van der Waals surface area contributed by atoms with Gasteiger partial charge in [0.1, 0.15) is 16.5 Å². The van der Waals surface area contributed by atoms with E-state index in [-0.39, 0.29) is 12.3 Å². The summed E-state index contributed by atoms with van der Waals surface area (Å²) in [6.45, 7) is 1.92. The minimum absolute atomic E-state index is 0.114. The number of carbonyl (C=O) groups is 1. The third-order valence-electron chi connectivity index (χ3n) is 3.00. The lowest BCUT2D eigenvalue weighted by molar-refractivity contribution is -0.138. The summed E-state index contributed by atoms with van der Waals surface area (Å²) in [5.41, 5.74) is 0.963. The minimum atomic E-state index is -0.771. The van der Waals surface area contributed by atoms with Gasteiger partial charge in [-0.05, 0) is 30.4 Å². The molecule has 0 saturated heterocycles. The van der Waals surface area contributed by atoms with Crippen molar-refractivity contribution >= 4 is 17.6 Å². The van der Waals surface area contributed by atoms with Gasteiger partial charge in [-0.15, -0.1) is 0 Å². The Bertz CT molecular complexity index is 445. The third kappa shape index (κ3) is 4.31. The Morgan fingerprint density at radius 3 is 2.58 bits per heavy atom. The number of aliphatic carboxylic acids is 1. The van der Waals surface area contributed by atoms with E-state index in [1.54, 1.807) is 20.3 Å². The van der Waals surface area contributed by atoms with Crippen LogP contribution in [0.4, 0.5) is 0 Å². The molecule has 0 aliphatic rings. The fraction of sp³-hybridized carbons (Fsp3) is 0.500. The van der Waals surface area contributed by atoms with Crippen LogP contribution in [0.1, 0.15) is 25.3 Å². The number of carboxylic acid groups (broad SMARTS) is 1. The minimum Gasteiger partial charge on any atom is -0.495 e. The van der Waals surface area contributed by atoms with Gasteiger partial charge in [-0.3, -0.25) is 4.79 Å². The molecule has 0 aliphatic heterocycles. The van der Waals surface area contributed by atoms with Crippen LogP contribution in [0.15, 0.2) is 12.1 Å². The van der Waals surface area contributed by atoms with Crippen molar-refractivity contribution in [2.75, 3.05) is 14.2 Å². The fourth-order valence-electron chi connectivity index (χ4n) is 1.96. The zero-order valence-corrected chi connectivity index (χ0v) is 12.2. The molecular weight excluding hydrogens is 268 g/mol. The summed E-state index contributed by atoms with van der Waals surface area (Å²) in [4.78, 5) is 10.6. The predicted octanol–water partition coefficient (Wildman–Crippen LogP) is 3.40. The van der Waals surface area contributed by atoms with E-state index in [1.807, 2.05) is 13.0 Å². The zero-order chi connectivity index (χ0) is 14.4. The molecule has 1 rings (SSSR count). The first kappa shape index (κ1) is 15.6. The summed E-state index contributed by atoms with van der Waals surface area (Å²) in [6.07, 6.45) is 1.67. The second-order valence-electron chi connectivity index (χ2n) is 4.52. The molecule has 0 saturated carbocycles. The lowest BCUT2D eigenvalue weighted by Gasteiger charge is -2.14. The first-order valence-corrected chi connectivity index (χ1v) is 6.48. The lowest BCUT2D eigenvalue weighted by atomic mass is 9.98. The highest BCUT2D eigenvalue weighted by Gasteiger charge is 2.14. The van der Waals surface area contributed by atoms with Gasteiger partial charge in [0.15, 0.2) is 0 Å². The Labute approximate surface area is 118 Å². The van der Waals surface area contributed by atoms with Gasteiger partial charge in [0.05, 0.1) is 14.2 Å². The first-order valence-electron chi connectivity index (χ1n) is 6.10. The first-order chi connectivity index (χ1) is 8.99. The van der Waals surface area contributed by atoms with Crippen molar-refractivity contribution in [2.45, 2.75) is 26.2 Å². The monoisotopic (exact) mass is 286 g/mol. The average molecular weight is 287 g/mol. The summed E-state index contributed by atoms with van der Waals surface area (Å²) in [5.74, 6) is 0.514. The van der Waals surface area contributed by atoms with Gasteiger partial charge in [0, 0.05) is 6.42 Å². The largest absolute Gasteiger partial charge is 0.495 e. The smallest absolute Gasteiger partial charge is 0.303 e. The second-order valence-corrected chi connectivity index (χ2v) is 4.89. The van der Waals surface area contributed by atoms with Crippen LogP contribution in [0, 0.1) is 5.92 Å². The van der Waals surface area contributed by atoms with Crippen LogP contribution in [0.3, 0.4) is 0 Å². The Morgan fingerprint density at radius 2 is 2.05 bits per heavy atom. The van der Waals surface area contributed by atoms with Gasteiger partial charge in [-0.2, -0.15) is 0 Å². The van der Waals surface area contributed by atoms with E-state index in [2.05, 4.69) is 0 Å². The van der Waals surface area contributed by atoms with Crippen molar-refractivity contribution < 1.29 is 19.4 Å². The van der Waals surface area contributed by atoms with Crippen molar-refractivity contribution in [1.82, 2.24) is 0 Å². The molecule has 0 fully saturated rings. The maximum absolute atomic E-state index is 10.6. The Balaban J connectivity index is 2.78. The van der Waals surface area contributed by atoms with E-state index in [1.165, 1.54) is 0 Å². The summed E-state index contributed by atoms with van der Waals surface area (Å²) in [6, 6.07) is 3.69. The van der Waals surface area contributed by atoms with Crippen molar-refractivity contribution in [3.63, 3.8) is 0 Å². The van der Waals surface area contributed by atoms with Gasteiger partial charge in [-0.25, -0.2) is 0 Å². The quantitative estimate of drug-likeness (QED) is 0.834. The Hall–Kier alpha value is -1.42. The maximum atomic E-state index is 10.6. The van der Waals surface area contributed by atoms with E-state index in [9.17, 15) is 4.79 Å². The average Bonchev–Trinajstić information content (AvgIpc) is 2.35. The summed E-state index contributed by atoms with van der Waals surface area (Å²) >= 11 is 6.17. The lowest BCUT2D eigenvalue weighted by Crippen LogP contribution is -2.06. The molecule has 4 nitrogen and oxygen atoms in total. The molecule has 0 radical (unpaired) electrons. The molecule has 1 N–H and O–H groups in total. The van der Waals surface area contributed by atoms with E-state index in [4.69, 9.17) is 26.2 Å². The van der Waals surface area contributed by atoms with Gasteiger partial charge in [0.2, 0.25) is 0 Å². The molecule has 0 spiro atoms. The molecular formula is C14H19ClO4.